The van der Waals surface area contributed by atoms with Gasteiger partial charge in [-0.25, -0.2) is 9.78 Å². The smallest absolute Gasteiger partial charge is 0.341 e. The van der Waals surface area contributed by atoms with Crippen LogP contribution in [0.25, 0.3) is 10.4 Å². The first-order valence-electron chi connectivity index (χ1n) is 11.0. The molecule has 34 heavy (non-hydrogen) atoms. The number of esters is 1. The second kappa shape index (κ2) is 10.00. The predicted octanol–water partition coefficient (Wildman–Crippen LogP) is 5.61. The van der Waals surface area contributed by atoms with Gasteiger partial charge in [0, 0.05) is 22.7 Å². The van der Waals surface area contributed by atoms with E-state index < -0.39 is 5.97 Å². The summed E-state index contributed by atoms with van der Waals surface area (Å²) in [5.74, 6) is -0.157. The second-order valence-electron chi connectivity index (χ2n) is 8.15. The number of thioether (sulfide) groups is 1. The number of aryl methyl sites for hydroxylation is 2. The molecule has 1 aliphatic rings. The Hall–Kier alpha value is -3.15. The minimum absolute atomic E-state index is 0.191. The first kappa shape index (κ1) is 24.0. The Kier molecular flexibility index (Phi) is 7.05. The van der Waals surface area contributed by atoms with Crippen LogP contribution in [0, 0.1) is 32.1 Å². The van der Waals surface area contributed by atoms with E-state index in [0.29, 0.717) is 26.9 Å². The molecule has 1 N–H and O–H groups in total. The molecule has 0 unspecified atom stereocenters. The van der Waals surface area contributed by atoms with Gasteiger partial charge in [0.15, 0.2) is 0 Å². The Balaban J connectivity index is 1.52. The Morgan fingerprint density at radius 2 is 1.97 bits per heavy atom. The van der Waals surface area contributed by atoms with Gasteiger partial charge in [-0.1, -0.05) is 24.3 Å². The van der Waals surface area contributed by atoms with E-state index in [-0.39, 0.29) is 12.3 Å². The molecule has 0 spiro atoms. The molecule has 0 bridgehead atoms. The van der Waals surface area contributed by atoms with E-state index in [4.69, 9.17) is 4.74 Å². The molecule has 2 heterocycles. The molecule has 0 fully saturated rings. The number of nitrogens with one attached hydrogen (secondary N) is 1. The minimum Gasteiger partial charge on any atom is -0.465 e. The molecule has 1 aliphatic carbocycles. The Morgan fingerprint density at radius 3 is 2.71 bits per heavy atom. The van der Waals surface area contributed by atoms with Crippen molar-refractivity contribution < 1.29 is 14.3 Å². The zero-order valence-electron chi connectivity index (χ0n) is 19.6. The number of hydrogen-bond acceptors (Lipinski definition) is 7. The molecule has 0 atom stereocenters. The van der Waals surface area contributed by atoms with Gasteiger partial charge in [-0.15, -0.1) is 23.1 Å². The average Bonchev–Trinajstić information content (AvgIpc) is 3.20. The van der Waals surface area contributed by atoms with Gasteiger partial charge in [0.2, 0.25) is 5.91 Å². The number of methoxy groups -OCH3 is 1. The topological polar surface area (TPSA) is 92.1 Å². The van der Waals surface area contributed by atoms with Crippen LogP contribution in [0.1, 0.15) is 50.3 Å². The van der Waals surface area contributed by atoms with Gasteiger partial charge in [0.05, 0.1) is 18.2 Å². The Labute approximate surface area is 207 Å². The summed E-state index contributed by atoms with van der Waals surface area (Å²) in [6, 6.07) is 10.4. The monoisotopic (exact) mass is 491 g/mol. The third kappa shape index (κ3) is 4.46. The number of fused-ring (bicyclic) bond motifs is 3. The number of hydrogen-bond donors (Lipinski definition) is 1. The summed E-state index contributed by atoms with van der Waals surface area (Å²) in [5.41, 5.74) is 7.12. The number of benzene rings is 1. The summed E-state index contributed by atoms with van der Waals surface area (Å²) in [5, 5.41) is 13.7. The van der Waals surface area contributed by atoms with Crippen molar-refractivity contribution in [2.45, 2.75) is 45.1 Å². The molecule has 0 saturated carbocycles. The zero-order valence-corrected chi connectivity index (χ0v) is 21.2. The molecule has 2 aromatic heterocycles. The van der Waals surface area contributed by atoms with E-state index >= 15 is 0 Å². The van der Waals surface area contributed by atoms with Crippen LogP contribution in [0.4, 0.5) is 5.00 Å². The van der Waals surface area contributed by atoms with Crippen LogP contribution in [-0.4, -0.2) is 29.7 Å². The maximum atomic E-state index is 12.8. The first-order chi connectivity index (χ1) is 16.3. The van der Waals surface area contributed by atoms with E-state index in [2.05, 4.69) is 28.5 Å². The van der Waals surface area contributed by atoms with Crippen LogP contribution in [-0.2, 0) is 22.4 Å². The van der Waals surface area contributed by atoms with Crippen LogP contribution < -0.4 is 5.32 Å². The third-order valence-electron chi connectivity index (χ3n) is 6.20. The van der Waals surface area contributed by atoms with E-state index in [9.17, 15) is 14.9 Å². The molecule has 1 aromatic carbocycles. The summed E-state index contributed by atoms with van der Waals surface area (Å²) >= 11 is 2.82. The number of ether oxygens (including phenoxy) is 1. The predicted molar refractivity (Wildman–Crippen MR) is 136 cm³/mol. The average molecular weight is 492 g/mol. The standard InChI is InChI=1S/C26H25N3O3S2/c1-14-15(2)20(13-27)24(28-16(14)3)33-12-11-21(30)29-25-22(26(31)32-4)19-10-9-17-7-5-6-8-18(17)23(19)34-25/h5-8H,9-12H2,1-4H3,(H,29,30). The van der Waals surface area contributed by atoms with Crippen LogP contribution >= 0.6 is 23.1 Å². The molecular weight excluding hydrogens is 466 g/mol. The summed E-state index contributed by atoms with van der Waals surface area (Å²) in [7, 11) is 1.36. The van der Waals surface area contributed by atoms with Crippen molar-refractivity contribution in [2.24, 2.45) is 0 Å². The maximum absolute atomic E-state index is 12.8. The molecule has 4 rings (SSSR count). The highest BCUT2D eigenvalue weighted by atomic mass is 32.2. The lowest BCUT2D eigenvalue weighted by Gasteiger charge is -2.16. The van der Waals surface area contributed by atoms with Crippen LogP contribution in [0.2, 0.25) is 0 Å². The molecular formula is C26H25N3O3S2. The quantitative estimate of drug-likeness (QED) is 0.356. The number of nitriles is 1. The van der Waals surface area contributed by atoms with Gasteiger partial charge in [0.1, 0.15) is 16.1 Å². The van der Waals surface area contributed by atoms with Crippen LogP contribution in [0.3, 0.4) is 0 Å². The largest absolute Gasteiger partial charge is 0.465 e. The van der Waals surface area contributed by atoms with Gasteiger partial charge < -0.3 is 10.1 Å². The van der Waals surface area contributed by atoms with Crippen molar-refractivity contribution in [3.63, 3.8) is 0 Å². The molecule has 0 aliphatic heterocycles. The SMILES string of the molecule is COC(=O)c1c(NC(=O)CCSc2nc(C)c(C)c(C)c2C#N)sc2c1CCc1ccccc1-2. The van der Waals surface area contributed by atoms with Gasteiger partial charge >= 0.3 is 5.97 Å². The molecule has 0 saturated heterocycles. The van der Waals surface area contributed by atoms with Gasteiger partial charge in [-0.05, 0) is 61.4 Å². The van der Waals surface area contributed by atoms with Crippen molar-refractivity contribution in [2.75, 3.05) is 18.2 Å². The number of pyridine rings is 1. The summed E-state index contributed by atoms with van der Waals surface area (Å²) in [6.07, 6.45) is 1.80. The van der Waals surface area contributed by atoms with E-state index in [1.807, 2.05) is 32.9 Å². The number of carbonyl (C=O) groups excluding carboxylic acids is 2. The molecule has 3 aromatic rings. The maximum Gasteiger partial charge on any atom is 0.341 e. The number of anilines is 1. The number of nitrogens with zero attached hydrogens (tertiary/aromatic N) is 2. The number of rotatable bonds is 6. The zero-order chi connectivity index (χ0) is 24.4. The molecule has 8 heteroatoms. The fraction of sp³-hybridized carbons (Fsp3) is 0.308. The fourth-order valence-electron chi connectivity index (χ4n) is 4.12. The highest BCUT2D eigenvalue weighted by Crippen LogP contribution is 2.45. The van der Waals surface area contributed by atoms with Crippen molar-refractivity contribution >= 4 is 40.0 Å². The Morgan fingerprint density at radius 1 is 1.21 bits per heavy atom. The van der Waals surface area contributed by atoms with Gasteiger partial charge in [-0.2, -0.15) is 5.26 Å². The number of carbonyl (C=O) groups is 2. The third-order valence-corrected chi connectivity index (χ3v) is 8.36. The van der Waals surface area contributed by atoms with E-state index in [1.165, 1.54) is 35.8 Å². The minimum atomic E-state index is -0.435. The molecule has 6 nitrogen and oxygen atoms in total. The van der Waals surface area contributed by atoms with E-state index in [0.717, 1.165) is 45.7 Å². The normalized spacial score (nSPS) is 11.9. The fourth-order valence-corrected chi connectivity index (χ4v) is 6.46. The lowest BCUT2D eigenvalue weighted by molar-refractivity contribution is -0.115. The van der Waals surface area contributed by atoms with Crippen LogP contribution in [0.5, 0.6) is 0 Å². The highest BCUT2D eigenvalue weighted by Gasteiger charge is 2.29. The van der Waals surface area contributed by atoms with E-state index in [1.54, 1.807) is 0 Å². The van der Waals surface area contributed by atoms with Crippen molar-refractivity contribution in [1.29, 1.82) is 5.26 Å². The van der Waals surface area contributed by atoms with Crippen molar-refractivity contribution in [3.05, 3.63) is 63.3 Å². The summed E-state index contributed by atoms with van der Waals surface area (Å²) in [4.78, 5) is 31.0. The molecule has 174 valence electrons. The number of thiophene rings is 1. The Bertz CT molecular complexity index is 1340. The van der Waals surface area contributed by atoms with Crippen molar-refractivity contribution in [1.82, 2.24) is 4.98 Å². The lowest BCUT2D eigenvalue weighted by atomic mass is 9.89. The molecule has 1 amide bonds. The second-order valence-corrected chi connectivity index (χ2v) is 10.3. The summed E-state index contributed by atoms with van der Waals surface area (Å²) < 4.78 is 5.04. The molecule has 0 radical (unpaired) electrons. The van der Waals surface area contributed by atoms with Gasteiger partial charge in [0.25, 0.3) is 0 Å². The first-order valence-corrected chi connectivity index (χ1v) is 12.8. The van der Waals surface area contributed by atoms with Gasteiger partial charge in [-0.3, -0.25) is 4.79 Å². The van der Waals surface area contributed by atoms with Crippen molar-refractivity contribution in [3.8, 4) is 16.5 Å². The van der Waals surface area contributed by atoms with Crippen LogP contribution in [0.15, 0.2) is 29.3 Å². The lowest BCUT2D eigenvalue weighted by Crippen LogP contribution is -2.15. The summed E-state index contributed by atoms with van der Waals surface area (Å²) in [6.45, 7) is 5.80. The highest BCUT2D eigenvalue weighted by molar-refractivity contribution is 7.99. The number of aromatic nitrogens is 1. The number of amides is 1.